The highest BCUT2D eigenvalue weighted by Gasteiger charge is 2.19. The lowest BCUT2D eigenvalue weighted by atomic mass is 9.86. The Kier molecular flexibility index (Phi) is 3.70. The van der Waals surface area contributed by atoms with E-state index in [2.05, 4.69) is 6.58 Å². The van der Waals surface area contributed by atoms with E-state index in [4.69, 9.17) is 11.6 Å². The van der Waals surface area contributed by atoms with Gasteiger partial charge in [0.1, 0.15) is 5.82 Å². The van der Waals surface area contributed by atoms with Gasteiger partial charge in [-0.25, -0.2) is 4.39 Å². The van der Waals surface area contributed by atoms with Crippen molar-refractivity contribution in [3.8, 4) is 0 Å². The van der Waals surface area contributed by atoms with Crippen LogP contribution in [0.1, 0.15) is 12.5 Å². The smallest absolute Gasteiger partial charge is 0.123 e. The van der Waals surface area contributed by atoms with Crippen LogP contribution in [0.2, 0.25) is 0 Å². The Hall–Kier alpha value is -0.820. The van der Waals surface area contributed by atoms with Gasteiger partial charge in [-0.15, -0.1) is 18.2 Å². The summed E-state index contributed by atoms with van der Waals surface area (Å²) in [4.78, 5) is 0. The van der Waals surface area contributed by atoms with Crippen molar-refractivity contribution in [2.75, 3.05) is 5.88 Å². The van der Waals surface area contributed by atoms with Crippen molar-refractivity contribution in [1.29, 1.82) is 0 Å². The molecule has 0 spiro atoms. The molecule has 0 fully saturated rings. The van der Waals surface area contributed by atoms with E-state index in [1.807, 2.05) is 19.1 Å². The molecule has 1 aromatic carbocycles. The van der Waals surface area contributed by atoms with E-state index in [1.165, 1.54) is 12.1 Å². The summed E-state index contributed by atoms with van der Waals surface area (Å²) < 4.78 is 12.9. The zero-order valence-corrected chi connectivity index (χ0v) is 9.02. The largest absolute Gasteiger partial charge is 0.207 e. The average molecular weight is 213 g/mol. The molecule has 1 atom stereocenters. The summed E-state index contributed by atoms with van der Waals surface area (Å²) in [5, 5.41) is 0. The van der Waals surface area contributed by atoms with Gasteiger partial charge in [0.05, 0.1) is 0 Å². The highest BCUT2D eigenvalue weighted by Crippen LogP contribution is 2.25. The van der Waals surface area contributed by atoms with Crippen LogP contribution in [0.5, 0.6) is 0 Å². The molecule has 0 bridgehead atoms. The third-order valence-corrected chi connectivity index (χ3v) is 2.91. The van der Waals surface area contributed by atoms with Crippen molar-refractivity contribution in [3.05, 3.63) is 48.3 Å². The molecule has 0 amide bonds. The Labute approximate surface area is 89.4 Å². The van der Waals surface area contributed by atoms with Crippen LogP contribution in [-0.4, -0.2) is 5.88 Å². The van der Waals surface area contributed by atoms with E-state index in [0.29, 0.717) is 5.88 Å². The molecule has 0 aliphatic heterocycles. The summed E-state index contributed by atoms with van der Waals surface area (Å²) in [5.74, 6) is 0.288. The topological polar surface area (TPSA) is 0 Å². The van der Waals surface area contributed by atoms with Gasteiger partial charge < -0.3 is 0 Å². The molecule has 0 radical (unpaired) electrons. The van der Waals surface area contributed by atoms with Crippen molar-refractivity contribution < 1.29 is 4.39 Å². The van der Waals surface area contributed by atoms with Gasteiger partial charge in [0.25, 0.3) is 0 Å². The number of alkyl halides is 1. The van der Waals surface area contributed by atoms with Crippen LogP contribution in [-0.2, 0) is 6.42 Å². The fraction of sp³-hybridized carbons (Fsp3) is 0.333. The van der Waals surface area contributed by atoms with Crippen LogP contribution in [0.25, 0.3) is 0 Å². The Bertz CT molecular complexity index is 322. The van der Waals surface area contributed by atoms with E-state index < -0.39 is 0 Å². The molecule has 0 saturated heterocycles. The number of rotatable bonds is 4. The number of halogens is 2. The maximum Gasteiger partial charge on any atom is 0.123 e. The van der Waals surface area contributed by atoms with Gasteiger partial charge in [-0.1, -0.05) is 25.1 Å². The minimum absolute atomic E-state index is 0.157. The highest BCUT2D eigenvalue weighted by atomic mass is 35.5. The first-order valence-corrected chi connectivity index (χ1v) is 5.07. The molecule has 76 valence electrons. The molecule has 0 aromatic heterocycles. The van der Waals surface area contributed by atoms with Gasteiger partial charge in [-0.3, -0.25) is 0 Å². The van der Waals surface area contributed by atoms with Crippen LogP contribution >= 0.6 is 11.6 Å². The SMILES string of the molecule is C=CC(C)(CCl)Cc1cccc(F)c1. The molecular weight excluding hydrogens is 199 g/mol. The van der Waals surface area contributed by atoms with E-state index in [9.17, 15) is 4.39 Å². The third-order valence-electron chi connectivity index (χ3n) is 2.30. The number of hydrogen-bond acceptors (Lipinski definition) is 0. The Morgan fingerprint density at radius 1 is 1.57 bits per heavy atom. The predicted molar refractivity (Wildman–Crippen MR) is 59.1 cm³/mol. The first-order chi connectivity index (χ1) is 6.59. The fourth-order valence-corrected chi connectivity index (χ4v) is 1.49. The quantitative estimate of drug-likeness (QED) is 0.526. The monoisotopic (exact) mass is 212 g/mol. The zero-order valence-electron chi connectivity index (χ0n) is 8.26. The molecule has 0 heterocycles. The molecular formula is C12H14ClF. The minimum Gasteiger partial charge on any atom is -0.207 e. The number of benzene rings is 1. The summed E-state index contributed by atoms with van der Waals surface area (Å²) in [6.45, 7) is 5.76. The average Bonchev–Trinajstić information content (AvgIpc) is 2.18. The standard InChI is InChI=1S/C12H14ClF/c1-3-12(2,9-13)8-10-5-4-6-11(14)7-10/h3-7H,1,8-9H2,2H3. The number of allylic oxidation sites excluding steroid dienone is 1. The lowest BCUT2D eigenvalue weighted by molar-refractivity contribution is 0.484. The van der Waals surface area contributed by atoms with Crippen molar-refractivity contribution in [2.45, 2.75) is 13.3 Å². The molecule has 1 rings (SSSR count). The molecule has 1 aromatic rings. The van der Waals surface area contributed by atoms with E-state index >= 15 is 0 Å². The van der Waals surface area contributed by atoms with Gasteiger partial charge in [-0.2, -0.15) is 0 Å². The first-order valence-electron chi connectivity index (χ1n) is 4.54. The summed E-state index contributed by atoms with van der Waals surface area (Å²) in [7, 11) is 0. The van der Waals surface area contributed by atoms with E-state index in [0.717, 1.165) is 12.0 Å². The number of hydrogen-bond donors (Lipinski definition) is 0. The van der Waals surface area contributed by atoms with Crippen LogP contribution in [0.3, 0.4) is 0 Å². The molecule has 1 unspecified atom stereocenters. The summed E-state index contributed by atoms with van der Waals surface area (Å²) in [5.41, 5.74) is 0.795. The van der Waals surface area contributed by atoms with Crippen LogP contribution in [0.4, 0.5) is 4.39 Å². The maximum atomic E-state index is 12.9. The highest BCUT2D eigenvalue weighted by molar-refractivity contribution is 6.18. The Morgan fingerprint density at radius 2 is 2.29 bits per heavy atom. The lowest BCUT2D eigenvalue weighted by Crippen LogP contribution is -2.18. The normalized spacial score (nSPS) is 14.8. The second-order valence-corrected chi connectivity index (χ2v) is 4.07. The molecule has 2 heteroatoms. The van der Waals surface area contributed by atoms with Crippen molar-refractivity contribution >= 4 is 11.6 Å². The van der Waals surface area contributed by atoms with Crippen molar-refractivity contribution in [3.63, 3.8) is 0 Å². The Morgan fingerprint density at radius 3 is 2.79 bits per heavy atom. The van der Waals surface area contributed by atoms with Crippen molar-refractivity contribution in [2.24, 2.45) is 5.41 Å². The molecule has 0 saturated carbocycles. The van der Waals surface area contributed by atoms with E-state index in [-0.39, 0.29) is 11.2 Å². The van der Waals surface area contributed by atoms with Gasteiger partial charge >= 0.3 is 0 Å². The first kappa shape index (κ1) is 11.3. The second kappa shape index (κ2) is 4.61. The van der Waals surface area contributed by atoms with E-state index in [1.54, 1.807) is 6.07 Å². The lowest BCUT2D eigenvalue weighted by Gasteiger charge is -2.22. The molecule has 0 N–H and O–H groups in total. The maximum absolute atomic E-state index is 12.9. The van der Waals surface area contributed by atoms with Gasteiger partial charge in [-0.05, 0) is 24.1 Å². The predicted octanol–water partition coefficient (Wildman–Crippen LogP) is 3.80. The summed E-state index contributed by atoms with van der Waals surface area (Å²) >= 11 is 5.83. The second-order valence-electron chi connectivity index (χ2n) is 3.80. The molecule has 14 heavy (non-hydrogen) atoms. The van der Waals surface area contributed by atoms with Crippen molar-refractivity contribution in [1.82, 2.24) is 0 Å². The Balaban J connectivity index is 2.82. The summed E-state index contributed by atoms with van der Waals surface area (Å²) in [6.07, 6.45) is 2.54. The van der Waals surface area contributed by atoms with Gasteiger partial charge in [0.2, 0.25) is 0 Å². The van der Waals surface area contributed by atoms with Crippen LogP contribution in [0.15, 0.2) is 36.9 Å². The van der Waals surface area contributed by atoms with Crippen LogP contribution < -0.4 is 0 Å². The minimum atomic E-state index is -0.205. The van der Waals surface area contributed by atoms with Crippen LogP contribution in [0, 0.1) is 11.2 Å². The summed E-state index contributed by atoms with van der Waals surface area (Å²) in [6, 6.07) is 6.59. The third kappa shape index (κ3) is 2.85. The van der Waals surface area contributed by atoms with Gasteiger partial charge in [0.15, 0.2) is 0 Å². The molecule has 0 aliphatic rings. The fourth-order valence-electron chi connectivity index (χ4n) is 1.29. The molecule has 0 aliphatic carbocycles. The molecule has 0 nitrogen and oxygen atoms in total. The zero-order chi connectivity index (χ0) is 10.6. The van der Waals surface area contributed by atoms with Gasteiger partial charge in [0, 0.05) is 11.3 Å².